The lowest BCUT2D eigenvalue weighted by Crippen LogP contribution is -2.30. The highest BCUT2D eigenvalue weighted by atomic mass is 16.2. The molecule has 128 valence electrons. The Morgan fingerprint density at radius 1 is 1.28 bits per heavy atom. The van der Waals surface area contributed by atoms with E-state index in [-0.39, 0.29) is 17.4 Å². The maximum Gasteiger partial charge on any atom is 0.274 e. The number of aromatic nitrogens is 4. The zero-order valence-corrected chi connectivity index (χ0v) is 14.2. The van der Waals surface area contributed by atoms with Crippen molar-refractivity contribution in [3.63, 3.8) is 0 Å². The fraction of sp³-hybridized carbons (Fsp3) is 0.333. The van der Waals surface area contributed by atoms with Crippen LogP contribution in [0.3, 0.4) is 0 Å². The molecule has 4 rings (SSSR count). The minimum absolute atomic E-state index is 0.152. The molecule has 1 aromatic carbocycles. The molecule has 1 fully saturated rings. The van der Waals surface area contributed by atoms with Crippen molar-refractivity contribution in [1.29, 1.82) is 0 Å². The van der Waals surface area contributed by atoms with Gasteiger partial charge in [0.25, 0.3) is 11.5 Å². The summed E-state index contributed by atoms with van der Waals surface area (Å²) in [5.74, 6) is 1.07. The van der Waals surface area contributed by atoms with Crippen molar-refractivity contribution < 1.29 is 4.79 Å². The first-order chi connectivity index (χ1) is 12.0. The van der Waals surface area contributed by atoms with Crippen molar-refractivity contribution in [3.8, 4) is 0 Å². The molecule has 1 atom stereocenters. The quantitative estimate of drug-likeness (QED) is 0.770. The van der Waals surface area contributed by atoms with Crippen LogP contribution in [0.5, 0.6) is 0 Å². The summed E-state index contributed by atoms with van der Waals surface area (Å²) in [5, 5.41) is 7.53. The van der Waals surface area contributed by atoms with Crippen molar-refractivity contribution >= 4 is 16.7 Å². The smallest absolute Gasteiger partial charge is 0.274 e. The number of nitrogens with zero attached hydrogens (tertiary/aromatic N) is 4. The lowest BCUT2D eigenvalue weighted by atomic mass is 10.1. The van der Waals surface area contributed by atoms with Gasteiger partial charge in [-0.15, -0.1) is 0 Å². The highest BCUT2D eigenvalue weighted by Crippen LogP contribution is 2.28. The number of hydrogen-bond acceptors (Lipinski definition) is 4. The van der Waals surface area contributed by atoms with E-state index in [2.05, 4.69) is 15.2 Å². The van der Waals surface area contributed by atoms with Gasteiger partial charge >= 0.3 is 0 Å². The van der Waals surface area contributed by atoms with Crippen LogP contribution in [-0.4, -0.2) is 43.6 Å². The van der Waals surface area contributed by atoms with E-state index >= 15 is 0 Å². The zero-order chi connectivity index (χ0) is 17.6. The Balaban J connectivity index is 1.64. The SMILES string of the molecule is Cc1cn(C)c([C@@H]2CCN(C(=O)c3n[nH]c(=O)c4ccccc34)C2)n1. The molecule has 0 bridgehead atoms. The van der Waals surface area contributed by atoms with Gasteiger partial charge in [-0.25, -0.2) is 10.1 Å². The first kappa shape index (κ1) is 15.6. The summed E-state index contributed by atoms with van der Waals surface area (Å²) in [6, 6.07) is 7.06. The van der Waals surface area contributed by atoms with Crippen LogP contribution in [0.2, 0.25) is 0 Å². The molecule has 7 nitrogen and oxygen atoms in total. The Labute approximate surface area is 144 Å². The Hall–Kier alpha value is -2.96. The van der Waals surface area contributed by atoms with Crippen molar-refractivity contribution in [2.45, 2.75) is 19.3 Å². The van der Waals surface area contributed by atoms with Gasteiger partial charge in [-0.3, -0.25) is 9.59 Å². The third-order valence-corrected chi connectivity index (χ3v) is 4.77. The Kier molecular flexibility index (Phi) is 3.63. The number of nitrogens with one attached hydrogen (secondary N) is 1. The van der Waals surface area contributed by atoms with Crippen molar-refractivity contribution in [3.05, 3.63) is 58.0 Å². The van der Waals surface area contributed by atoms with Gasteiger partial charge in [0.1, 0.15) is 5.82 Å². The fourth-order valence-electron chi connectivity index (χ4n) is 3.60. The van der Waals surface area contributed by atoms with E-state index in [9.17, 15) is 9.59 Å². The number of benzene rings is 1. The normalized spacial score (nSPS) is 17.4. The third-order valence-electron chi connectivity index (χ3n) is 4.77. The highest BCUT2D eigenvalue weighted by Gasteiger charge is 2.31. The van der Waals surface area contributed by atoms with Gasteiger partial charge in [0.05, 0.1) is 11.1 Å². The second kappa shape index (κ2) is 5.84. The maximum absolute atomic E-state index is 13.0. The third kappa shape index (κ3) is 2.61. The van der Waals surface area contributed by atoms with E-state index in [4.69, 9.17) is 0 Å². The molecule has 3 aromatic rings. The lowest BCUT2D eigenvalue weighted by molar-refractivity contribution is 0.0785. The number of carbonyl (C=O) groups is 1. The molecule has 0 spiro atoms. The molecule has 1 amide bonds. The van der Waals surface area contributed by atoms with Gasteiger partial charge in [-0.1, -0.05) is 18.2 Å². The average molecular weight is 337 g/mol. The van der Waals surface area contributed by atoms with Crippen LogP contribution in [0.15, 0.2) is 35.3 Å². The topological polar surface area (TPSA) is 83.9 Å². The van der Waals surface area contributed by atoms with Gasteiger partial charge in [0.2, 0.25) is 0 Å². The number of rotatable bonds is 2. The minimum Gasteiger partial charge on any atom is -0.337 e. The van der Waals surface area contributed by atoms with Gasteiger partial charge < -0.3 is 9.47 Å². The van der Waals surface area contributed by atoms with E-state index in [1.807, 2.05) is 30.8 Å². The molecule has 1 aliphatic heterocycles. The second-order valence-corrected chi connectivity index (χ2v) is 6.54. The van der Waals surface area contributed by atoms with E-state index in [1.54, 1.807) is 23.1 Å². The van der Waals surface area contributed by atoms with Crippen LogP contribution < -0.4 is 5.56 Å². The second-order valence-electron chi connectivity index (χ2n) is 6.54. The molecule has 1 aliphatic rings. The predicted octanol–water partition coefficient (Wildman–Crippen LogP) is 1.59. The first-order valence-electron chi connectivity index (χ1n) is 8.31. The molecule has 0 aliphatic carbocycles. The molecular weight excluding hydrogens is 318 g/mol. The van der Waals surface area contributed by atoms with E-state index in [0.29, 0.717) is 29.6 Å². The number of carbonyl (C=O) groups excluding carboxylic acids is 1. The fourth-order valence-corrected chi connectivity index (χ4v) is 3.60. The van der Waals surface area contributed by atoms with E-state index < -0.39 is 0 Å². The summed E-state index contributed by atoms with van der Waals surface area (Å²) in [6.07, 6.45) is 2.87. The summed E-state index contributed by atoms with van der Waals surface area (Å²) in [6.45, 7) is 3.24. The van der Waals surface area contributed by atoms with E-state index in [0.717, 1.165) is 17.9 Å². The molecule has 1 saturated heterocycles. The number of fused-ring (bicyclic) bond motifs is 1. The van der Waals surface area contributed by atoms with Crippen LogP contribution in [0.1, 0.15) is 34.3 Å². The molecule has 25 heavy (non-hydrogen) atoms. The van der Waals surface area contributed by atoms with Crippen LogP contribution in [0.25, 0.3) is 10.8 Å². The summed E-state index contributed by atoms with van der Waals surface area (Å²) >= 11 is 0. The minimum atomic E-state index is -0.282. The Bertz CT molecular complexity index is 1020. The Morgan fingerprint density at radius 2 is 2.04 bits per heavy atom. The summed E-state index contributed by atoms with van der Waals surface area (Å²) in [7, 11) is 1.98. The number of hydrogen-bond donors (Lipinski definition) is 1. The molecule has 3 heterocycles. The highest BCUT2D eigenvalue weighted by molar-refractivity contribution is 6.04. The van der Waals surface area contributed by atoms with Gasteiger partial charge in [0.15, 0.2) is 5.69 Å². The first-order valence-corrected chi connectivity index (χ1v) is 8.31. The summed E-state index contributed by atoms with van der Waals surface area (Å²) < 4.78 is 2.03. The zero-order valence-electron chi connectivity index (χ0n) is 14.2. The van der Waals surface area contributed by atoms with Crippen LogP contribution >= 0.6 is 0 Å². The number of amides is 1. The van der Waals surface area contributed by atoms with E-state index in [1.165, 1.54) is 0 Å². The number of imidazole rings is 1. The monoisotopic (exact) mass is 337 g/mol. The molecule has 0 unspecified atom stereocenters. The average Bonchev–Trinajstić information content (AvgIpc) is 3.21. The molecule has 7 heteroatoms. The summed E-state index contributed by atoms with van der Waals surface area (Å²) in [5.41, 5.74) is 0.998. The van der Waals surface area contributed by atoms with Crippen molar-refractivity contribution in [2.24, 2.45) is 7.05 Å². The Morgan fingerprint density at radius 3 is 2.76 bits per heavy atom. The van der Waals surface area contributed by atoms with Gasteiger partial charge in [-0.2, -0.15) is 5.10 Å². The molecular formula is C18H19N5O2. The molecule has 2 aromatic heterocycles. The van der Waals surface area contributed by atoms with Gasteiger partial charge in [0, 0.05) is 37.6 Å². The molecule has 1 N–H and O–H groups in total. The van der Waals surface area contributed by atoms with Crippen molar-refractivity contribution in [2.75, 3.05) is 13.1 Å². The largest absolute Gasteiger partial charge is 0.337 e. The number of H-pyrrole nitrogens is 1. The number of likely N-dealkylation sites (tertiary alicyclic amines) is 1. The van der Waals surface area contributed by atoms with Crippen LogP contribution in [-0.2, 0) is 7.05 Å². The number of aromatic amines is 1. The van der Waals surface area contributed by atoms with Crippen molar-refractivity contribution in [1.82, 2.24) is 24.6 Å². The molecule has 0 radical (unpaired) electrons. The van der Waals surface area contributed by atoms with Crippen LogP contribution in [0, 0.1) is 6.92 Å². The standard InChI is InChI=1S/C18H19N5O2/c1-11-9-22(2)16(19-11)12-7-8-23(10-12)18(25)15-13-5-3-4-6-14(13)17(24)21-20-15/h3-6,9,12H,7-8,10H2,1-2H3,(H,21,24)/t12-/m1/s1. The molecule has 0 saturated carbocycles. The predicted molar refractivity (Wildman–Crippen MR) is 93.6 cm³/mol. The summed E-state index contributed by atoms with van der Waals surface area (Å²) in [4.78, 5) is 31.2. The number of aryl methyl sites for hydroxylation is 2. The van der Waals surface area contributed by atoms with Gasteiger partial charge in [-0.05, 0) is 19.4 Å². The van der Waals surface area contributed by atoms with Crippen LogP contribution in [0.4, 0.5) is 0 Å². The maximum atomic E-state index is 13.0. The lowest BCUT2D eigenvalue weighted by Gasteiger charge is -2.16.